The molecule has 0 aliphatic rings. The van der Waals surface area contributed by atoms with Crippen LogP contribution < -0.4 is 10.5 Å². The second kappa shape index (κ2) is 6.10. The minimum absolute atomic E-state index is 0.0644. The summed E-state index contributed by atoms with van der Waals surface area (Å²) in [5.74, 6) is -0.754. The van der Waals surface area contributed by atoms with E-state index in [2.05, 4.69) is 0 Å². The highest BCUT2D eigenvalue weighted by Crippen LogP contribution is 2.21. The standard InChI is InChI=1S/C12H17NO4/c1-8(2)16-5-6-17-11-4-3-9(13)7-10(11)12(14)15/h3-4,7-8H,5-6,13H2,1-2H3,(H,14,15). The molecule has 0 heterocycles. The molecule has 0 bridgehead atoms. The molecule has 0 unspecified atom stereocenters. The first-order chi connectivity index (χ1) is 8.00. The number of carboxylic acids is 1. The second-order valence-corrected chi connectivity index (χ2v) is 3.83. The molecule has 1 aromatic carbocycles. The summed E-state index contributed by atoms with van der Waals surface area (Å²) in [7, 11) is 0. The van der Waals surface area contributed by atoms with Crippen LogP contribution in [0.2, 0.25) is 0 Å². The van der Waals surface area contributed by atoms with Crippen LogP contribution in [0.25, 0.3) is 0 Å². The van der Waals surface area contributed by atoms with E-state index in [1.54, 1.807) is 12.1 Å². The van der Waals surface area contributed by atoms with Crippen LogP contribution in [-0.2, 0) is 4.74 Å². The second-order valence-electron chi connectivity index (χ2n) is 3.83. The number of ether oxygens (including phenoxy) is 2. The molecule has 0 fully saturated rings. The minimum atomic E-state index is -1.06. The predicted octanol–water partition coefficient (Wildman–Crippen LogP) is 1.77. The monoisotopic (exact) mass is 239 g/mol. The molecule has 3 N–H and O–H groups in total. The fourth-order valence-corrected chi connectivity index (χ4v) is 1.28. The number of benzene rings is 1. The van der Waals surface area contributed by atoms with E-state index >= 15 is 0 Å². The van der Waals surface area contributed by atoms with Gasteiger partial charge in [-0.1, -0.05) is 0 Å². The molecule has 0 aliphatic carbocycles. The molecule has 94 valence electrons. The summed E-state index contributed by atoms with van der Waals surface area (Å²) in [5, 5.41) is 8.97. The molecule has 0 aromatic heterocycles. The van der Waals surface area contributed by atoms with Crippen molar-refractivity contribution in [2.45, 2.75) is 20.0 Å². The quantitative estimate of drug-likeness (QED) is 0.584. The molecule has 1 rings (SSSR count). The number of hydrogen-bond acceptors (Lipinski definition) is 4. The van der Waals surface area contributed by atoms with E-state index in [1.807, 2.05) is 13.8 Å². The molecule has 0 saturated heterocycles. The van der Waals surface area contributed by atoms with Crippen LogP contribution in [0.4, 0.5) is 5.69 Å². The lowest BCUT2D eigenvalue weighted by atomic mass is 10.2. The molecule has 0 spiro atoms. The largest absolute Gasteiger partial charge is 0.490 e. The fraction of sp³-hybridized carbons (Fsp3) is 0.417. The molecule has 5 heteroatoms. The number of nitrogens with two attached hydrogens (primary N) is 1. The number of carbonyl (C=O) groups is 1. The Balaban J connectivity index is 2.61. The van der Waals surface area contributed by atoms with Crippen LogP contribution in [0.3, 0.4) is 0 Å². The summed E-state index contributed by atoms with van der Waals surface area (Å²) in [6, 6.07) is 4.53. The van der Waals surface area contributed by atoms with E-state index in [-0.39, 0.29) is 11.7 Å². The minimum Gasteiger partial charge on any atom is -0.490 e. The number of aromatic carboxylic acids is 1. The third kappa shape index (κ3) is 4.32. The zero-order valence-corrected chi connectivity index (χ0v) is 9.97. The maximum absolute atomic E-state index is 10.9. The first-order valence-electron chi connectivity index (χ1n) is 5.38. The van der Waals surface area contributed by atoms with Crippen LogP contribution >= 0.6 is 0 Å². The molecule has 0 atom stereocenters. The van der Waals surface area contributed by atoms with E-state index < -0.39 is 5.97 Å². The molecule has 5 nitrogen and oxygen atoms in total. The normalized spacial score (nSPS) is 10.5. The number of anilines is 1. The first kappa shape index (κ1) is 13.3. The number of hydrogen-bond donors (Lipinski definition) is 2. The van der Waals surface area contributed by atoms with Gasteiger partial charge in [0.15, 0.2) is 0 Å². The Morgan fingerprint density at radius 2 is 2.12 bits per heavy atom. The molecule has 0 saturated carbocycles. The van der Waals surface area contributed by atoms with Gasteiger partial charge in [0, 0.05) is 5.69 Å². The lowest BCUT2D eigenvalue weighted by Crippen LogP contribution is -2.13. The van der Waals surface area contributed by atoms with Gasteiger partial charge in [0.1, 0.15) is 17.9 Å². The SMILES string of the molecule is CC(C)OCCOc1ccc(N)cc1C(=O)O. The summed E-state index contributed by atoms with van der Waals surface area (Å²) in [5.41, 5.74) is 5.98. The maximum Gasteiger partial charge on any atom is 0.339 e. The Morgan fingerprint density at radius 3 is 2.71 bits per heavy atom. The molecular weight excluding hydrogens is 222 g/mol. The van der Waals surface area contributed by atoms with E-state index in [0.717, 1.165) is 0 Å². The summed E-state index contributed by atoms with van der Waals surface area (Å²) >= 11 is 0. The number of carboxylic acid groups (broad SMARTS) is 1. The van der Waals surface area contributed by atoms with Gasteiger partial charge in [0.2, 0.25) is 0 Å². The van der Waals surface area contributed by atoms with Crippen molar-refractivity contribution in [3.05, 3.63) is 23.8 Å². The van der Waals surface area contributed by atoms with Crippen LogP contribution in [0.1, 0.15) is 24.2 Å². The molecular formula is C12H17NO4. The van der Waals surface area contributed by atoms with Gasteiger partial charge in [-0.05, 0) is 32.0 Å². The maximum atomic E-state index is 10.9. The zero-order valence-electron chi connectivity index (χ0n) is 9.97. The Kier molecular flexibility index (Phi) is 4.78. The average Bonchev–Trinajstić information content (AvgIpc) is 2.25. The average molecular weight is 239 g/mol. The number of nitrogen functional groups attached to an aromatic ring is 1. The van der Waals surface area contributed by atoms with E-state index in [1.165, 1.54) is 6.07 Å². The lowest BCUT2D eigenvalue weighted by Gasteiger charge is -2.11. The van der Waals surface area contributed by atoms with E-state index in [9.17, 15) is 4.79 Å². The van der Waals surface area contributed by atoms with Crippen molar-refractivity contribution in [2.75, 3.05) is 18.9 Å². The first-order valence-corrected chi connectivity index (χ1v) is 5.38. The van der Waals surface area contributed by atoms with Gasteiger partial charge >= 0.3 is 5.97 Å². The fourth-order valence-electron chi connectivity index (χ4n) is 1.28. The highest BCUT2D eigenvalue weighted by atomic mass is 16.5. The highest BCUT2D eigenvalue weighted by Gasteiger charge is 2.11. The zero-order chi connectivity index (χ0) is 12.8. The molecule has 1 aromatic rings. The van der Waals surface area contributed by atoms with Crippen molar-refractivity contribution in [2.24, 2.45) is 0 Å². The Morgan fingerprint density at radius 1 is 1.41 bits per heavy atom. The van der Waals surface area contributed by atoms with Gasteiger partial charge < -0.3 is 20.3 Å². The third-order valence-electron chi connectivity index (χ3n) is 2.03. The Hall–Kier alpha value is -1.75. The Labute approximate surface area is 100 Å². The van der Waals surface area contributed by atoms with Crippen LogP contribution in [0.5, 0.6) is 5.75 Å². The molecule has 0 radical (unpaired) electrons. The van der Waals surface area contributed by atoms with E-state index in [0.29, 0.717) is 24.7 Å². The van der Waals surface area contributed by atoms with Crippen molar-refractivity contribution < 1.29 is 19.4 Å². The molecule has 0 amide bonds. The van der Waals surface area contributed by atoms with Crippen molar-refractivity contribution >= 4 is 11.7 Å². The van der Waals surface area contributed by atoms with Crippen molar-refractivity contribution in [1.29, 1.82) is 0 Å². The predicted molar refractivity (Wildman–Crippen MR) is 64.4 cm³/mol. The van der Waals surface area contributed by atoms with Gasteiger partial charge in [-0.2, -0.15) is 0 Å². The summed E-state index contributed by atoms with van der Waals surface area (Å²) < 4.78 is 10.6. The van der Waals surface area contributed by atoms with Crippen molar-refractivity contribution in [1.82, 2.24) is 0 Å². The van der Waals surface area contributed by atoms with Crippen LogP contribution in [-0.4, -0.2) is 30.4 Å². The lowest BCUT2D eigenvalue weighted by molar-refractivity contribution is 0.0538. The van der Waals surface area contributed by atoms with Crippen LogP contribution in [0.15, 0.2) is 18.2 Å². The van der Waals surface area contributed by atoms with Gasteiger partial charge in [0.25, 0.3) is 0 Å². The van der Waals surface area contributed by atoms with Gasteiger partial charge in [0.05, 0.1) is 12.7 Å². The third-order valence-corrected chi connectivity index (χ3v) is 2.03. The van der Waals surface area contributed by atoms with Gasteiger partial charge in [-0.25, -0.2) is 4.79 Å². The summed E-state index contributed by atoms with van der Waals surface area (Å²) in [6.07, 6.45) is 0.129. The topological polar surface area (TPSA) is 81.8 Å². The number of rotatable bonds is 6. The van der Waals surface area contributed by atoms with Gasteiger partial charge in [-0.3, -0.25) is 0 Å². The smallest absolute Gasteiger partial charge is 0.339 e. The molecule has 17 heavy (non-hydrogen) atoms. The molecule has 0 aliphatic heterocycles. The highest BCUT2D eigenvalue weighted by molar-refractivity contribution is 5.92. The van der Waals surface area contributed by atoms with Gasteiger partial charge in [-0.15, -0.1) is 0 Å². The van der Waals surface area contributed by atoms with Crippen molar-refractivity contribution in [3.63, 3.8) is 0 Å². The Bertz CT molecular complexity index is 390. The van der Waals surface area contributed by atoms with E-state index in [4.69, 9.17) is 20.3 Å². The van der Waals surface area contributed by atoms with Crippen molar-refractivity contribution in [3.8, 4) is 5.75 Å². The summed E-state index contributed by atoms with van der Waals surface area (Å²) in [6.45, 7) is 4.57. The summed E-state index contributed by atoms with van der Waals surface area (Å²) in [4.78, 5) is 10.9. The van der Waals surface area contributed by atoms with Crippen LogP contribution in [0, 0.1) is 0 Å².